The van der Waals surface area contributed by atoms with Crippen molar-refractivity contribution in [2.45, 2.75) is 32.4 Å². The molecule has 19 heavy (non-hydrogen) atoms. The maximum Gasteiger partial charge on any atom is 0.329 e. The zero-order chi connectivity index (χ0) is 14.4. The van der Waals surface area contributed by atoms with Crippen molar-refractivity contribution in [2.75, 3.05) is 40.3 Å². The molecule has 0 spiro atoms. The number of likely N-dealkylation sites (N-methyl/N-ethyl adjacent to an activating group) is 1. The first-order valence-electron chi connectivity index (χ1n) is 6.75. The zero-order valence-electron chi connectivity index (χ0n) is 12.3. The fourth-order valence-electron chi connectivity index (χ4n) is 2.44. The van der Waals surface area contributed by atoms with Crippen LogP contribution in [0.4, 0.5) is 0 Å². The van der Waals surface area contributed by atoms with Crippen LogP contribution >= 0.6 is 0 Å². The van der Waals surface area contributed by atoms with Gasteiger partial charge in [0.05, 0.1) is 7.11 Å². The largest absolute Gasteiger partial charge is 0.467 e. The summed E-state index contributed by atoms with van der Waals surface area (Å²) in [5, 5.41) is 2.65. The Bertz CT molecular complexity index is 322. The van der Waals surface area contributed by atoms with Crippen LogP contribution in [0, 0.1) is 0 Å². The van der Waals surface area contributed by atoms with Crippen molar-refractivity contribution >= 4 is 11.9 Å². The second-order valence-electron chi connectivity index (χ2n) is 5.08. The summed E-state index contributed by atoms with van der Waals surface area (Å²) in [4.78, 5) is 27.4. The summed E-state index contributed by atoms with van der Waals surface area (Å²) in [6, 6.07) is -0.0761. The molecule has 2 atom stereocenters. The third kappa shape index (κ3) is 4.80. The van der Waals surface area contributed by atoms with Gasteiger partial charge in [-0.05, 0) is 13.5 Å². The van der Waals surface area contributed by atoms with Gasteiger partial charge in [0.2, 0.25) is 5.91 Å². The Labute approximate surface area is 115 Å². The van der Waals surface area contributed by atoms with E-state index in [0.717, 1.165) is 26.1 Å². The Morgan fingerprint density at radius 3 is 2.63 bits per heavy atom. The molecule has 1 amide bonds. The first-order chi connectivity index (χ1) is 8.97. The standard InChI is InChI=1S/C13H25N3O3/c1-5-11-8-16(7-6-15(11)3)9-12(13(18)19-4)14-10(2)17/h11-12H,5-9H2,1-4H3,(H,14,17). The van der Waals surface area contributed by atoms with Crippen LogP contribution in [0.5, 0.6) is 0 Å². The smallest absolute Gasteiger partial charge is 0.329 e. The first kappa shape index (κ1) is 15.9. The predicted octanol–water partition coefficient (Wildman–Crippen LogP) is -0.310. The molecular weight excluding hydrogens is 246 g/mol. The van der Waals surface area contributed by atoms with Crippen LogP contribution in [0.25, 0.3) is 0 Å². The number of nitrogens with zero attached hydrogens (tertiary/aromatic N) is 2. The second-order valence-corrected chi connectivity index (χ2v) is 5.08. The van der Waals surface area contributed by atoms with E-state index in [2.05, 4.69) is 29.1 Å². The fraction of sp³-hybridized carbons (Fsp3) is 0.846. The molecule has 1 rings (SSSR count). The van der Waals surface area contributed by atoms with Crippen LogP contribution in [0.1, 0.15) is 20.3 Å². The molecule has 0 radical (unpaired) electrons. The van der Waals surface area contributed by atoms with Gasteiger partial charge in [0, 0.05) is 39.1 Å². The number of carbonyl (C=O) groups is 2. The molecule has 1 aliphatic heterocycles. The Morgan fingerprint density at radius 1 is 1.42 bits per heavy atom. The van der Waals surface area contributed by atoms with Gasteiger partial charge in [-0.25, -0.2) is 4.79 Å². The molecule has 1 N–H and O–H groups in total. The molecule has 0 bridgehead atoms. The Morgan fingerprint density at radius 2 is 2.11 bits per heavy atom. The number of hydrogen-bond acceptors (Lipinski definition) is 5. The average Bonchev–Trinajstić information content (AvgIpc) is 2.38. The molecule has 0 aromatic rings. The van der Waals surface area contributed by atoms with Gasteiger partial charge in [0.1, 0.15) is 6.04 Å². The Kier molecular flexibility index (Phi) is 6.24. The topological polar surface area (TPSA) is 61.9 Å². The van der Waals surface area contributed by atoms with Crippen molar-refractivity contribution in [3.63, 3.8) is 0 Å². The van der Waals surface area contributed by atoms with Crippen molar-refractivity contribution in [1.29, 1.82) is 0 Å². The molecular formula is C13H25N3O3. The first-order valence-corrected chi connectivity index (χ1v) is 6.75. The molecule has 0 aliphatic carbocycles. The van der Waals surface area contributed by atoms with Crippen molar-refractivity contribution in [2.24, 2.45) is 0 Å². The summed E-state index contributed by atoms with van der Waals surface area (Å²) in [5.41, 5.74) is 0. The number of hydrogen-bond donors (Lipinski definition) is 1. The predicted molar refractivity (Wildman–Crippen MR) is 72.8 cm³/mol. The SMILES string of the molecule is CCC1CN(CC(NC(C)=O)C(=O)OC)CCN1C. The van der Waals surface area contributed by atoms with E-state index in [1.807, 2.05) is 0 Å². The van der Waals surface area contributed by atoms with Gasteiger partial charge in [-0.2, -0.15) is 0 Å². The van der Waals surface area contributed by atoms with Crippen molar-refractivity contribution in [1.82, 2.24) is 15.1 Å². The fourth-order valence-corrected chi connectivity index (χ4v) is 2.44. The molecule has 0 aromatic heterocycles. The minimum atomic E-state index is -0.580. The number of methoxy groups -OCH3 is 1. The van der Waals surface area contributed by atoms with Crippen molar-refractivity contribution in [3.05, 3.63) is 0 Å². The number of ether oxygens (including phenoxy) is 1. The summed E-state index contributed by atoms with van der Waals surface area (Å²) in [7, 11) is 3.47. The Hall–Kier alpha value is -1.14. The Balaban J connectivity index is 2.58. The molecule has 1 aliphatic rings. The van der Waals surface area contributed by atoms with Gasteiger partial charge >= 0.3 is 5.97 Å². The van der Waals surface area contributed by atoms with Crippen LogP contribution in [-0.4, -0.2) is 74.1 Å². The second kappa shape index (κ2) is 7.45. The van der Waals surface area contributed by atoms with Gasteiger partial charge in [0.15, 0.2) is 0 Å². The number of nitrogens with one attached hydrogen (secondary N) is 1. The van der Waals surface area contributed by atoms with Gasteiger partial charge in [0.25, 0.3) is 0 Å². The third-order valence-corrected chi connectivity index (χ3v) is 3.64. The highest BCUT2D eigenvalue weighted by molar-refractivity contribution is 5.83. The van der Waals surface area contributed by atoms with Crippen LogP contribution in [0.3, 0.4) is 0 Å². The van der Waals surface area contributed by atoms with Gasteiger partial charge in [-0.15, -0.1) is 0 Å². The van der Waals surface area contributed by atoms with Gasteiger partial charge in [-0.1, -0.05) is 6.92 Å². The minimum absolute atomic E-state index is 0.212. The zero-order valence-corrected chi connectivity index (χ0v) is 12.3. The number of rotatable bonds is 5. The summed E-state index contributed by atoms with van der Waals surface area (Å²) in [6.07, 6.45) is 1.08. The maximum absolute atomic E-state index is 11.7. The van der Waals surface area contributed by atoms with E-state index in [1.165, 1.54) is 14.0 Å². The van der Waals surface area contributed by atoms with Crippen molar-refractivity contribution < 1.29 is 14.3 Å². The highest BCUT2D eigenvalue weighted by atomic mass is 16.5. The monoisotopic (exact) mass is 271 g/mol. The van der Waals surface area contributed by atoms with Crippen molar-refractivity contribution in [3.8, 4) is 0 Å². The third-order valence-electron chi connectivity index (χ3n) is 3.64. The molecule has 1 saturated heterocycles. The lowest BCUT2D eigenvalue weighted by Gasteiger charge is -2.40. The van der Waals surface area contributed by atoms with Crippen LogP contribution in [0.15, 0.2) is 0 Å². The van der Waals surface area contributed by atoms with Gasteiger partial charge < -0.3 is 15.0 Å². The summed E-state index contributed by atoms with van der Waals surface area (Å²) in [5.74, 6) is -0.598. The van der Waals surface area contributed by atoms with E-state index < -0.39 is 6.04 Å². The molecule has 1 fully saturated rings. The molecule has 6 nitrogen and oxygen atoms in total. The van der Waals surface area contributed by atoms with E-state index in [0.29, 0.717) is 12.6 Å². The lowest BCUT2D eigenvalue weighted by molar-refractivity contribution is -0.145. The highest BCUT2D eigenvalue weighted by Crippen LogP contribution is 2.11. The molecule has 1 heterocycles. The molecule has 0 saturated carbocycles. The molecule has 0 aromatic carbocycles. The van der Waals surface area contributed by atoms with Crippen LogP contribution in [0.2, 0.25) is 0 Å². The summed E-state index contributed by atoms with van der Waals surface area (Å²) in [6.45, 7) is 6.88. The van der Waals surface area contributed by atoms with E-state index in [9.17, 15) is 9.59 Å². The summed E-state index contributed by atoms with van der Waals surface area (Å²) >= 11 is 0. The maximum atomic E-state index is 11.7. The van der Waals surface area contributed by atoms with E-state index in [-0.39, 0.29) is 11.9 Å². The van der Waals surface area contributed by atoms with E-state index >= 15 is 0 Å². The minimum Gasteiger partial charge on any atom is -0.467 e. The average molecular weight is 271 g/mol. The van der Waals surface area contributed by atoms with Crippen LogP contribution in [-0.2, 0) is 14.3 Å². The van der Waals surface area contributed by atoms with Crippen LogP contribution < -0.4 is 5.32 Å². The number of carbonyl (C=O) groups excluding carboxylic acids is 2. The van der Waals surface area contributed by atoms with E-state index in [1.54, 1.807) is 0 Å². The molecule has 2 unspecified atom stereocenters. The molecule has 110 valence electrons. The quantitative estimate of drug-likeness (QED) is 0.695. The number of esters is 1. The van der Waals surface area contributed by atoms with Gasteiger partial charge in [-0.3, -0.25) is 9.69 Å². The summed E-state index contributed by atoms with van der Waals surface area (Å²) < 4.78 is 4.74. The molecule has 6 heteroatoms. The number of amides is 1. The normalized spacial score (nSPS) is 22.8. The highest BCUT2D eigenvalue weighted by Gasteiger charge is 2.28. The van der Waals surface area contributed by atoms with E-state index in [4.69, 9.17) is 4.74 Å². The number of piperazine rings is 1. The lowest BCUT2D eigenvalue weighted by atomic mass is 10.1. The lowest BCUT2D eigenvalue weighted by Crippen LogP contribution is -2.56.